The van der Waals surface area contributed by atoms with Crippen LogP contribution in [0.5, 0.6) is 0 Å². The molecule has 2 fully saturated rings. The van der Waals surface area contributed by atoms with Gasteiger partial charge in [-0.25, -0.2) is 0 Å². The van der Waals surface area contributed by atoms with Gasteiger partial charge in [-0.1, -0.05) is 0 Å². The third-order valence-electron chi connectivity index (χ3n) is 4.29. The highest BCUT2D eigenvalue weighted by Crippen LogP contribution is 2.19. The highest BCUT2D eigenvalue weighted by atomic mass is 16.2. The minimum Gasteiger partial charge on any atom is -0.347 e. The molecule has 2 saturated heterocycles. The molecule has 0 spiro atoms. The Kier molecular flexibility index (Phi) is 4.99. The molecule has 2 heterocycles. The summed E-state index contributed by atoms with van der Waals surface area (Å²) in [5.74, 6) is 0.120. The molecule has 6 heteroatoms. The van der Waals surface area contributed by atoms with E-state index in [-0.39, 0.29) is 23.9 Å². The van der Waals surface area contributed by atoms with Crippen LogP contribution in [0.1, 0.15) is 25.7 Å². The molecule has 6 nitrogen and oxygen atoms in total. The smallest absolute Gasteiger partial charge is 0.244 e. The topological polar surface area (TPSA) is 69.9 Å². The molecule has 20 heavy (non-hydrogen) atoms. The Morgan fingerprint density at radius 3 is 2.40 bits per heavy atom. The molecule has 114 valence electrons. The lowest BCUT2D eigenvalue weighted by atomic mass is 10.1. The molecule has 0 aromatic rings. The van der Waals surface area contributed by atoms with Crippen LogP contribution in [0, 0.1) is 0 Å². The van der Waals surface area contributed by atoms with Crippen molar-refractivity contribution in [3.05, 3.63) is 0 Å². The van der Waals surface area contributed by atoms with Gasteiger partial charge in [-0.3, -0.25) is 14.5 Å². The second-order valence-corrected chi connectivity index (χ2v) is 6.09. The number of nitrogens with zero attached hydrogens (tertiary/aromatic N) is 3. The monoisotopic (exact) mass is 282 g/mol. The molecule has 2 amide bonds. The van der Waals surface area contributed by atoms with E-state index < -0.39 is 0 Å². The quantitative estimate of drug-likeness (QED) is 0.757. The minimum absolute atomic E-state index is 0.0384. The molecule has 0 radical (unpaired) electrons. The lowest BCUT2D eigenvalue weighted by Crippen LogP contribution is -2.50. The SMILES string of the molecule is CN(C)C(=O)C1CCCN1C(=O)CN1CCC(N)CC1. The first-order valence-corrected chi connectivity index (χ1v) is 7.47. The predicted molar refractivity (Wildman–Crippen MR) is 77.1 cm³/mol. The lowest BCUT2D eigenvalue weighted by Gasteiger charge is -2.32. The van der Waals surface area contributed by atoms with Gasteiger partial charge in [0, 0.05) is 39.8 Å². The molecular weight excluding hydrogens is 256 g/mol. The van der Waals surface area contributed by atoms with E-state index in [2.05, 4.69) is 4.90 Å². The number of likely N-dealkylation sites (N-methyl/N-ethyl adjacent to an activating group) is 1. The summed E-state index contributed by atoms with van der Waals surface area (Å²) in [6.07, 6.45) is 3.61. The molecule has 1 unspecified atom stereocenters. The van der Waals surface area contributed by atoms with E-state index in [1.807, 2.05) is 0 Å². The molecule has 2 aliphatic rings. The second kappa shape index (κ2) is 6.54. The Balaban J connectivity index is 1.89. The summed E-state index contributed by atoms with van der Waals surface area (Å²) in [5, 5.41) is 0. The van der Waals surface area contributed by atoms with Crippen molar-refractivity contribution in [1.82, 2.24) is 14.7 Å². The first-order chi connectivity index (χ1) is 9.49. The van der Waals surface area contributed by atoms with Crippen molar-refractivity contribution in [3.63, 3.8) is 0 Å². The van der Waals surface area contributed by atoms with Crippen molar-refractivity contribution in [1.29, 1.82) is 0 Å². The van der Waals surface area contributed by atoms with Gasteiger partial charge in [0.15, 0.2) is 0 Å². The number of piperidine rings is 1. The van der Waals surface area contributed by atoms with Crippen LogP contribution in [0.4, 0.5) is 0 Å². The van der Waals surface area contributed by atoms with Crippen molar-refractivity contribution in [2.75, 3.05) is 40.3 Å². The zero-order valence-corrected chi connectivity index (χ0v) is 12.5. The van der Waals surface area contributed by atoms with E-state index in [9.17, 15) is 9.59 Å². The number of carbonyl (C=O) groups excluding carboxylic acids is 2. The van der Waals surface area contributed by atoms with E-state index in [1.165, 1.54) is 0 Å². The van der Waals surface area contributed by atoms with E-state index >= 15 is 0 Å². The number of amides is 2. The van der Waals surface area contributed by atoms with Gasteiger partial charge in [-0.2, -0.15) is 0 Å². The van der Waals surface area contributed by atoms with E-state index in [1.54, 1.807) is 23.9 Å². The third kappa shape index (κ3) is 3.49. The van der Waals surface area contributed by atoms with Gasteiger partial charge in [-0.05, 0) is 25.7 Å². The van der Waals surface area contributed by atoms with Crippen LogP contribution < -0.4 is 5.73 Å². The average Bonchev–Trinajstić information content (AvgIpc) is 2.89. The predicted octanol–water partition coefficient (Wildman–Crippen LogP) is -0.511. The molecule has 0 aromatic heterocycles. The van der Waals surface area contributed by atoms with Crippen molar-refractivity contribution in [2.45, 2.75) is 37.8 Å². The van der Waals surface area contributed by atoms with Gasteiger partial charge >= 0.3 is 0 Å². The summed E-state index contributed by atoms with van der Waals surface area (Å²) < 4.78 is 0. The van der Waals surface area contributed by atoms with Gasteiger partial charge in [0.25, 0.3) is 0 Å². The standard InChI is InChI=1S/C14H26N4O2/c1-16(2)14(20)12-4-3-7-18(12)13(19)10-17-8-5-11(15)6-9-17/h11-12H,3-10,15H2,1-2H3. The summed E-state index contributed by atoms with van der Waals surface area (Å²) in [5.41, 5.74) is 5.87. The zero-order valence-electron chi connectivity index (χ0n) is 12.5. The largest absolute Gasteiger partial charge is 0.347 e. The maximum Gasteiger partial charge on any atom is 0.244 e. The minimum atomic E-state index is -0.260. The fraction of sp³-hybridized carbons (Fsp3) is 0.857. The Labute approximate surface area is 120 Å². The van der Waals surface area contributed by atoms with Crippen molar-refractivity contribution < 1.29 is 9.59 Å². The molecule has 2 rings (SSSR count). The van der Waals surface area contributed by atoms with Crippen LogP contribution >= 0.6 is 0 Å². The molecule has 0 bridgehead atoms. The summed E-state index contributed by atoms with van der Waals surface area (Å²) in [7, 11) is 3.49. The zero-order chi connectivity index (χ0) is 14.7. The number of hydrogen-bond acceptors (Lipinski definition) is 4. The van der Waals surface area contributed by atoms with Gasteiger partial charge in [-0.15, -0.1) is 0 Å². The molecule has 0 aliphatic carbocycles. The van der Waals surface area contributed by atoms with E-state index in [0.717, 1.165) is 38.8 Å². The Morgan fingerprint density at radius 1 is 1.15 bits per heavy atom. The molecule has 0 aromatic carbocycles. The Morgan fingerprint density at radius 2 is 1.80 bits per heavy atom. The average molecular weight is 282 g/mol. The van der Waals surface area contributed by atoms with Crippen molar-refractivity contribution in [2.24, 2.45) is 5.73 Å². The molecule has 1 atom stereocenters. The molecule has 2 N–H and O–H groups in total. The highest BCUT2D eigenvalue weighted by Gasteiger charge is 2.35. The van der Waals surface area contributed by atoms with Crippen molar-refractivity contribution in [3.8, 4) is 0 Å². The first-order valence-electron chi connectivity index (χ1n) is 7.47. The van der Waals surface area contributed by atoms with E-state index in [4.69, 9.17) is 5.73 Å². The van der Waals surface area contributed by atoms with Crippen LogP contribution in [0.2, 0.25) is 0 Å². The van der Waals surface area contributed by atoms with Gasteiger partial charge in [0.2, 0.25) is 11.8 Å². The lowest BCUT2D eigenvalue weighted by molar-refractivity contribution is -0.143. The number of likely N-dealkylation sites (tertiary alicyclic amines) is 2. The third-order valence-corrected chi connectivity index (χ3v) is 4.29. The molecular formula is C14H26N4O2. The summed E-state index contributed by atoms with van der Waals surface area (Å²) >= 11 is 0. The maximum atomic E-state index is 12.4. The number of rotatable bonds is 3. The van der Waals surface area contributed by atoms with Gasteiger partial charge < -0.3 is 15.5 Å². The van der Waals surface area contributed by atoms with Crippen molar-refractivity contribution >= 4 is 11.8 Å². The highest BCUT2D eigenvalue weighted by molar-refractivity contribution is 5.88. The van der Waals surface area contributed by atoms with Gasteiger partial charge in [0.1, 0.15) is 6.04 Å². The van der Waals surface area contributed by atoms with Crippen LogP contribution in [-0.4, -0.2) is 78.9 Å². The summed E-state index contributed by atoms with van der Waals surface area (Å²) in [4.78, 5) is 30.0. The fourth-order valence-corrected chi connectivity index (χ4v) is 3.01. The maximum absolute atomic E-state index is 12.4. The summed E-state index contributed by atoms with van der Waals surface area (Å²) in [6, 6.07) is 0.0146. The fourth-order valence-electron chi connectivity index (χ4n) is 3.01. The van der Waals surface area contributed by atoms with E-state index in [0.29, 0.717) is 13.1 Å². The normalized spacial score (nSPS) is 24.9. The number of carbonyl (C=O) groups is 2. The van der Waals surface area contributed by atoms with Crippen LogP contribution in [0.3, 0.4) is 0 Å². The van der Waals surface area contributed by atoms with Crippen LogP contribution in [0.15, 0.2) is 0 Å². The number of hydrogen-bond donors (Lipinski definition) is 1. The van der Waals surface area contributed by atoms with Crippen LogP contribution in [0.25, 0.3) is 0 Å². The second-order valence-electron chi connectivity index (χ2n) is 6.09. The first kappa shape index (κ1) is 15.3. The number of nitrogens with two attached hydrogens (primary N) is 1. The molecule has 0 saturated carbocycles. The Bertz CT molecular complexity index is 364. The molecule has 2 aliphatic heterocycles. The summed E-state index contributed by atoms with van der Waals surface area (Å²) in [6.45, 7) is 2.89. The Hall–Kier alpha value is -1.14. The van der Waals surface area contributed by atoms with Gasteiger partial charge in [0.05, 0.1) is 6.54 Å². The van der Waals surface area contributed by atoms with Crippen LogP contribution in [-0.2, 0) is 9.59 Å².